The number of benzene rings is 1. The standard InChI is InChI=1S/C21H17Cl2FN2O4/c1-29-6-7-30-18-5-2-12(10-26-18)8-17(27)16-9-13(11-25-16)21(28)19-14(22)3-4-15(23)20(19)24/h2-5,9-11,25H,6-8H2,1H3. The summed E-state index contributed by atoms with van der Waals surface area (Å²) in [7, 11) is 1.57. The highest BCUT2D eigenvalue weighted by Gasteiger charge is 2.22. The number of ketones is 2. The zero-order chi connectivity index (χ0) is 21.7. The Labute approximate surface area is 181 Å². The number of hydrogen-bond acceptors (Lipinski definition) is 5. The van der Waals surface area contributed by atoms with Crippen LogP contribution >= 0.6 is 23.2 Å². The summed E-state index contributed by atoms with van der Waals surface area (Å²) in [5.41, 5.74) is 0.639. The Kier molecular flexibility index (Phi) is 7.20. The lowest BCUT2D eigenvalue weighted by Crippen LogP contribution is -2.07. The largest absolute Gasteiger partial charge is 0.475 e. The van der Waals surface area contributed by atoms with Gasteiger partial charge in [-0.05, 0) is 23.8 Å². The van der Waals surface area contributed by atoms with Crippen molar-refractivity contribution in [3.05, 3.63) is 81.0 Å². The van der Waals surface area contributed by atoms with E-state index in [0.717, 1.165) is 0 Å². The van der Waals surface area contributed by atoms with Gasteiger partial charge in [0.2, 0.25) is 5.88 Å². The lowest BCUT2D eigenvalue weighted by molar-refractivity contribution is 0.0988. The first-order valence-electron chi connectivity index (χ1n) is 8.87. The molecule has 0 radical (unpaired) electrons. The van der Waals surface area contributed by atoms with Crippen molar-refractivity contribution in [1.29, 1.82) is 0 Å². The van der Waals surface area contributed by atoms with Gasteiger partial charge in [0, 0.05) is 37.6 Å². The van der Waals surface area contributed by atoms with Crippen LogP contribution in [-0.4, -0.2) is 41.9 Å². The first kappa shape index (κ1) is 22.0. The summed E-state index contributed by atoms with van der Waals surface area (Å²) < 4.78 is 24.5. The number of rotatable bonds is 9. The third-order valence-electron chi connectivity index (χ3n) is 4.22. The highest BCUT2D eigenvalue weighted by molar-refractivity contribution is 6.37. The third kappa shape index (κ3) is 5.05. The van der Waals surface area contributed by atoms with E-state index < -0.39 is 11.6 Å². The minimum absolute atomic E-state index is 0.0603. The van der Waals surface area contributed by atoms with Crippen LogP contribution < -0.4 is 4.74 Å². The van der Waals surface area contributed by atoms with Crippen molar-refractivity contribution in [3.8, 4) is 5.88 Å². The van der Waals surface area contributed by atoms with Crippen molar-refractivity contribution < 1.29 is 23.5 Å². The fourth-order valence-corrected chi connectivity index (χ4v) is 3.07. The van der Waals surface area contributed by atoms with Gasteiger partial charge in [-0.2, -0.15) is 0 Å². The topological polar surface area (TPSA) is 81.3 Å². The Morgan fingerprint density at radius 2 is 1.90 bits per heavy atom. The molecule has 30 heavy (non-hydrogen) atoms. The van der Waals surface area contributed by atoms with Crippen molar-refractivity contribution in [3.63, 3.8) is 0 Å². The maximum absolute atomic E-state index is 14.2. The van der Waals surface area contributed by atoms with Crippen LogP contribution in [0.4, 0.5) is 4.39 Å². The van der Waals surface area contributed by atoms with E-state index in [1.807, 2.05) is 0 Å². The summed E-state index contributed by atoms with van der Waals surface area (Å²) >= 11 is 11.7. The van der Waals surface area contributed by atoms with Crippen molar-refractivity contribution >= 4 is 34.8 Å². The molecule has 1 N–H and O–H groups in total. The fourth-order valence-electron chi connectivity index (χ4n) is 2.68. The van der Waals surface area contributed by atoms with Crippen LogP contribution in [0.2, 0.25) is 10.0 Å². The molecule has 0 aliphatic heterocycles. The lowest BCUT2D eigenvalue weighted by Gasteiger charge is -2.05. The van der Waals surface area contributed by atoms with Gasteiger partial charge < -0.3 is 14.5 Å². The number of aromatic amines is 1. The molecule has 1 aromatic carbocycles. The summed E-state index contributed by atoms with van der Waals surface area (Å²) in [6.45, 7) is 0.818. The molecule has 3 rings (SSSR count). The molecular weight excluding hydrogens is 434 g/mol. The second-order valence-corrected chi connectivity index (χ2v) is 7.11. The van der Waals surface area contributed by atoms with E-state index in [9.17, 15) is 14.0 Å². The van der Waals surface area contributed by atoms with Crippen LogP contribution in [-0.2, 0) is 11.2 Å². The van der Waals surface area contributed by atoms with Crippen molar-refractivity contribution in [2.45, 2.75) is 6.42 Å². The van der Waals surface area contributed by atoms with E-state index in [4.69, 9.17) is 32.7 Å². The second-order valence-electron chi connectivity index (χ2n) is 6.30. The smallest absolute Gasteiger partial charge is 0.213 e. The van der Waals surface area contributed by atoms with Gasteiger partial charge in [0.15, 0.2) is 17.4 Å². The van der Waals surface area contributed by atoms with Crippen molar-refractivity contribution in [2.24, 2.45) is 0 Å². The summed E-state index contributed by atoms with van der Waals surface area (Å²) in [5, 5.41) is -0.272. The molecule has 156 valence electrons. The Hall–Kier alpha value is -2.74. The average molecular weight is 451 g/mol. The fraction of sp³-hybridized carbons (Fsp3) is 0.190. The van der Waals surface area contributed by atoms with Gasteiger partial charge in [-0.1, -0.05) is 29.3 Å². The predicted octanol–water partition coefficient (Wildman–Crippen LogP) is 4.54. The molecule has 9 heteroatoms. The van der Waals surface area contributed by atoms with Gasteiger partial charge in [0.05, 0.1) is 27.9 Å². The Balaban J connectivity index is 1.69. The number of nitrogens with zero attached hydrogens (tertiary/aromatic N) is 1. The molecular formula is C21H17Cl2FN2O4. The predicted molar refractivity (Wildman–Crippen MR) is 110 cm³/mol. The number of H-pyrrole nitrogens is 1. The molecule has 2 aromatic heterocycles. The SMILES string of the molecule is COCCOc1ccc(CC(=O)c2cc(C(=O)c3c(Cl)ccc(Cl)c3F)c[nH]2)cn1. The van der Waals surface area contributed by atoms with Gasteiger partial charge in [0.1, 0.15) is 6.61 Å². The molecule has 0 amide bonds. The number of halogens is 3. The van der Waals surface area contributed by atoms with Crippen LogP contribution in [0, 0.1) is 5.82 Å². The van der Waals surface area contributed by atoms with Crippen LogP contribution in [0.25, 0.3) is 0 Å². The maximum Gasteiger partial charge on any atom is 0.213 e. The Morgan fingerprint density at radius 3 is 2.60 bits per heavy atom. The van der Waals surface area contributed by atoms with Crippen LogP contribution in [0.15, 0.2) is 42.7 Å². The van der Waals surface area contributed by atoms with Crippen molar-refractivity contribution in [2.75, 3.05) is 20.3 Å². The highest BCUT2D eigenvalue weighted by atomic mass is 35.5. The highest BCUT2D eigenvalue weighted by Crippen LogP contribution is 2.28. The average Bonchev–Trinajstić information content (AvgIpc) is 3.23. The lowest BCUT2D eigenvalue weighted by atomic mass is 10.0. The zero-order valence-corrected chi connectivity index (χ0v) is 17.4. The summed E-state index contributed by atoms with van der Waals surface area (Å²) in [4.78, 5) is 32.0. The number of carbonyl (C=O) groups excluding carboxylic acids is 2. The molecule has 0 atom stereocenters. The minimum Gasteiger partial charge on any atom is -0.475 e. The second kappa shape index (κ2) is 9.84. The number of methoxy groups -OCH3 is 1. The van der Waals surface area contributed by atoms with Crippen molar-refractivity contribution in [1.82, 2.24) is 9.97 Å². The number of hydrogen-bond donors (Lipinski definition) is 1. The number of pyridine rings is 1. The van der Waals surface area contributed by atoms with Gasteiger partial charge in [-0.25, -0.2) is 9.37 Å². The van der Waals surface area contributed by atoms with E-state index >= 15 is 0 Å². The quantitative estimate of drug-likeness (QED) is 0.294. The first-order valence-corrected chi connectivity index (χ1v) is 9.62. The normalized spacial score (nSPS) is 10.8. The van der Waals surface area contributed by atoms with Gasteiger partial charge in [-0.3, -0.25) is 9.59 Å². The van der Waals surface area contributed by atoms with E-state index in [0.29, 0.717) is 24.7 Å². The molecule has 0 unspecified atom stereocenters. The van der Waals surface area contributed by atoms with Gasteiger partial charge >= 0.3 is 0 Å². The number of nitrogens with one attached hydrogen (secondary N) is 1. The molecule has 0 saturated heterocycles. The maximum atomic E-state index is 14.2. The summed E-state index contributed by atoms with van der Waals surface area (Å²) in [5.74, 6) is -1.41. The van der Waals surface area contributed by atoms with Crippen LogP contribution in [0.5, 0.6) is 5.88 Å². The molecule has 2 heterocycles. The molecule has 0 fully saturated rings. The number of Topliss-reactive ketones (excluding diaryl/α,β-unsaturated/α-hetero) is 1. The van der Waals surface area contributed by atoms with Gasteiger partial charge in [0.25, 0.3) is 0 Å². The van der Waals surface area contributed by atoms with Gasteiger partial charge in [-0.15, -0.1) is 0 Å². The molecule has 0 aliphatic carbocycles. The molecule has 0 spiro atoms. The van der Waals surface area contributed by atoms with Crippen LogP contribution in [0.1, 0.15) is 32.0 Å². The van der Waals surface area contributed by atoms with E-state index in [-0.39, 0.29) is 39.1 Å². The molecule has 0 bridgehead atoms. The molecule has 6 nitrogen and oxygen atoms in total. The van der Waals surface area contributed by atoms with E-state index in [1.54, 1.807) is 19.2 Å². The molecule has 3 aromatic rings. The van der Waals surface area contributed by atoms with E-state index in [1.165, 1.54) is 30.6 Å². The molecule has 0 aliphatic rings. The monoisotopic (exact) mass is 450 g/mol. The Morgan fingerprint density at radius 1 is 1.13 bits per heavy atom. The first-order chi connectivity index (χ1) is 14.4. The summed E-state index contributed by atoms with van der Waals surface area (Å²) in [6.07, 6.45) is 2.93. The minimum atomic E-state index is -0.901. The van der Waals surface area contributed by atoms with E-state index in [2.05, 4.69) is 9.97 Å². The number of ether oxygens (including phenoxy) is 2. The number of carbonyl (C=O) groups is 2. The zero-order valence-electron chi connectivity index (χ0n) is 15.9. The summed E-state index contributed by atoms with van der Waals surface area (Å²) in [6, 6.07) is 7.35. The number of aromatic nitrogens is 2. The molecule has 0 saturated carbocycles. The third-order valence-corrected chi connectivity index (χ3v) is 4.82. The van der Waals surface area contributed by atoms with Crippen LogP contribution in [0.3, 0.4) is 0 Å². The Bertz CT molecular complexity index is 1070.